The maximum Gasteiger partial charge on any atom is 0.181 e. The molecule has 0 aliphatic carbocycles. The first-order chi connectivity index (χ1) is 6.27. The molecule has 0 spiro atoms. The van der Waals surface area contributed by atoms with Crippen molar-refractivity contribution in [3.63, 3.8) is 0 Å². The van der Waals surface area contributed by atoms with Gasteiger partial charge in [-0.05, 0) is 6.92 Å². The summed E-state index contributed by atoms with van der Waals surface area (Å²) >= 11 is 0. The van der Waals surface area contributed by atoms with Crippen molar-refractivity contribution in [2.45, 2.75) is 6.92 Å². The minimum absolute atomic E-state index is 0.723. The van der Waals surface area contributed by atoms with Crippen LogP contribution in [-0.2, 0) is 7.05 Å². The Balaban J connectivity index is 3.01. The first-order valence-corrected chi connectivity index (χ1v) is 4.09. The van der Waals surface area contributed by atoms with E-state index in [0.717, 1.165) is 11.4 Å². The van der Waals surface area contributed by atoms with Crippen molar-refractivity contribution in [2.24, 2.45) is 7.05 Å². The normalized spacial score (nSPS) is 12.3. The van der Waals surface area contributed by atoms with Gasteiger partial charge in [0.15, 0.2) is 5.82 Å². The molecule has 3 nitrogen and oxygen atoms in total. The Bertz CT molecular complexity index is 345. The first-order valence-electron chi connectivity index (χ1n) is 4.09. The third kappa shape index (κ3) is 2.40. The second-order valence-electron chi connectivity index (χ2n) is 2.60. The van der Waals surface area contributed by atoms with Crippen LogP contribution >= 0.6 is 0 Å². The van der Waals surface area contributed by atoms with Crippen molar-refractivity contribution in [2.75, 3.05) is 0 Å². The van der Waals surface area contributed by atoms with E-state index in [2.05, 4.69) is 16.7 Å². The highest BCUT2D eigenvalue weighted by Crippen LogP contribution is 2.09. The lowest BCUT2D eigenvalue weighted by Gasteiger charge is -1.92. The van der Waals surface area contributed by atoms with E-state index >= 15 is 0 Å². The fourth-order valence-corrected chi connectivity index (χ4v) is 0.983. The third-order valence-corrected chi connectivity index (χ3v) is 1.50. The average molecular weight is 175 g/mol. The molecule has 0 aromatic carbocycles. The highest BCUT2D eigenvalue weighted by atomic mass is 15.3. The van der Waals surface area contributed by atoms with E-state index in [1.54, 1.807) is 17.1 Å². The molecule has 1 heterocycles. The first kappa shape index (κ1) is 9.45. The van der Waals surface area contributed by atoms with Crippen LogP contribution in [0.2, 0.25) is 0 Å². The molecule has 68 valence electrons. The van der Waals surface area contributed by atoms with Crippen molar-refractivity contribution in [1.82, 2.24) is 14.8 Å². The minimum atomic E-state index is 0.723. The van der Waals surface area contributed by atoms with Crippen LogP contribution in [0.1, 0.15) is 12.7 Å². The van der Waals surface area contributed by atoms with E-state index in [9.17, 15) is 0 Å². The predicted molar refractivity (Wildman–Crippen MR) is 54.0 cm³/mol. The van der Waals surface area contributed by atoms with Gasteiger partial charge in [-0.15, -0.1) is 0 Å². The molecule has 0 saturated heterocycles. The van der Waals surface area contributed by atoms with Gasteiger partial charge in [-0.1, -0.05) is 30.9 Å². The number of nitrogens with zero attached hydrogens (tertiary/aromatic N) is 3. The Morgan fingerprint density at radius 3 is 2.85 bits per heavy atom. The van der Waals surface area contributed by atoms with Crippen LogP contribution < -0.4 is 0 Å². The summed E-state index contributed by atoms with van der Waals surface area (Å²) in [6, 6.07) is 0. The largest absolute Gasteiger partial charge is 0.255 e. The van der Waals surface area contributed by atoms with Crippen LogP contribution in [-0.4, -0.2) is 14.8 Å². The molecule has 1 aromatic heterocycles. The van der Waals surface area contributed by atoms with E-state index in [0.29, 0.717) is 0 Å². The van der Waals surface area contributed by atoms with Gasteiger partial charge in [0.1, 0.15) is 6.33 Å². The zero-order chi connectivity index (χ0) is 9.68. The molecule has 13 heavy (non-hydrogen) atoms. The molecule has 0 atom stereocenters. The summed E-state index contributed by atoms with van der Waals surface area (Å²) in [5, 5.41) is 4.19. The number of aromatic nitrogens is 3. The Morgan fingerprint density at radius 1 is 1.62 bits per heavy atom. The molecular formula is C10H13N3. The zero-order valence-electron chi connectivity index (χ0n) is 7.94. The zero-order valence-corrected chi connectivity index (χ0v) is 7.94. The molecule has 3 heteroatoms. The van der Waals surface area contributed by atoms with Gasteiger partial charge in [0.05, 0.1) is 0 Å². The molecule has 1 rings (SSSR count). The standard InChI is InChI=1S/C10H13N3/c1-4-6-9(7-5-2)10-11-8-13(3)12-10/h4-8H,1H2,2-3H3/b7-5-,9-6+. The average Bonchev–Trinajstić information content (AvgIpc) is 2.51. The quantitative estimate of drug-likeness (QED) is 0.657. The van der Waals surface area contributed by atoms with Gasteiger partial charge >= 0.3 is 0 Å². The SMILES string of the molecule is C=C/C=C(\C=C/C)c1ncn(C)n1. The van der Waals surface area contributed by atoms with E-state index in [4.69, 9.17) is 0 Å². The molecule has 0 aliphatic heterocycles. The number of hydrogen-bond acceptors (Lipinski definition) is 2. The van der Waals surface area contributed by atoms with Gasteiger partial charge in [0.25, 0.3) is 0 Å². The fourth-order valence-electron chi connectivity index (χ4n) is 0.983. The molecule has 0 fully saturated rings. The Morgan fingerprint density at radius 2 is 2.38 bits per heavy atom. The molecule has 0 saturated carbocycles. The Kier molecular flexibility index (Phi) is 3.20. The number of aryl methyl sites for hydroxylation is 1. The van der Waals surface area contributed by atoms with Crippen LogP contribution in [0, 0.1) is 0 Å². The Hall–Kier alpha value is -1.64. The third-order valence-electron chi connectivity index (χ3n) is 1.50. The summed E-state index contributed by atoms with van der Waals surface area (Å²) in [5.41, 5.74) is 0.970. The molecule has 0 aliphatic rings. The maximum absolute atomic E-state index is 4.19. The van der Waals surface area contributed by atoms with Crippen LogP contribution in [0.5, 0.6) is 0 Å². The summed E-state index contributed by atoms with van der Waals surface area (Å²) in [7, 11) is 1.84. The molecule has 0 bridgehead atoms. The van der Waals surface area contributed by atoms with E-state index in [1.807, 2.05) is 32.2 Å². The van der Waals surface area contributed by atoms with Gasteiger partial charge in [-0.3, -0.25) is 4.68 Å². The van der Waals surface area contributed by atoms with Crippen molar-refractivity contribution < 1.29 is 0 Å². The lowest BCUT2D eigenvalue weighted by atomic mass is 10.2. The fraction of sp³-hybridized carbons (Fsp3) is 0.200. The van der Waals surface area contributed by atoms with Gasteiger partial charge in [-0.2, -0.15) is 5.10 Å². The lowest BCUT2D eigenvalue weighted by Crippen LogP contribution is -1.89. The van der Waals surface area contributed by atoms with Gasteiger partial charge in [-0.25, -0.2) is 4.98 Å². The summed E-state index contributed by atoms with van der Waals surface area (Å²) in [6.45, 7) is 5.60. The summed E-state index contributed by atoms with van der Waals surface area (Å²) < 4.78 is 1.68. The summed E-state index contributed by atoms with van der Waals surface area (Å²) in [5.74, 6) is 0.723. The Labute approximate surface area is 78.1 Å². The van der Waals surface area contributed by atoms with Crippen molar-refractivity contribution in [1.29, 1.82) is 0 Å². The predicted octanol–water partition coefficient (Wildman–Crippen LogP) is 1.96. The van der Waals surface area contributed by atoms with Gasteiger partial charge in [0, 0.05) is 12.6 Å². The number of hydrogen-bond donors (Lipinski definition) is 0. The number of allylic oxidation sites excluding steroid dienone is 5. The topological polar surface area (TPSA) is 30.7 Å². The maximum atomic E-state index is 4.19. The molecular weight excluding hydrogens is 162 g/mol. The van der Waals surface area contributed by atoms with E-state index in [1.165, 1.54) is 0 Å². The van der Waals surface area contributed by atoms with Crippen molar-refractivity contribution in [3.8, 4) is 0 Å². The summed E-state index contributed by atoms with van der Waals surface area (Å²) in [4.78, 5) is 4.14. The van der Waals surface area contributed by atoms with E-state index < -0.39 is 0 Å². The van der Waals surface area contributed by atoms with Crippen molar-refractivity contribution >= 4 is 5.57 Å². The van der Waals surface area contributed by atoms with Gasteiger partial charge < -0.3 is 0 Å². The van der Waals surface area contributed by atoms with Crippen molar-refractivity contribution in [3.05, 3.63) is 43.0 Å². The van der Waals surface area contributed by atoms with Crippen LogP contribution in [0.15, 0.2) is 37.2 Å². The number of rotatable bonds is 3. The monoisotopic (exact) mass is 175 g/mol. The second kappa shape index (κ2) is 4.40. The highest BCUT2D eigenvalue weighted by molar-refractivity contribution is 5.70. The molecule has 0 radical (unpaired) electrons. The lowest BCUT2D eigenvalue weighted by molar-refractivity contribution is 0.762. The summed E-state index contributed by atoms with van der Waals surface area (Å²) in [6.07, 6.45) is 9.19. The minimum Gasteiger partial charge on any atom is -0.255 e. The molecule has 1 aromatic rings. The van der Waals surface area contributed by atoms with Crippen LogP contribution in [0.4, 0.5) is 0 Å². The van der Waals surface area contributed by atoms with Gasteiger partial charge in [0.2, 0.25) is 0 Å². The highest BCUT2D eigenvalue weighted by Gasteiger charge is 2.00. The molecule has 0 N–H and O–H groups in total. The molecule has 0 unspecified atom stereocenters. The second-order valence-corrected chi connectivity index (χ2v) is 2.60. The molecule has 0 amide bonds. The van der Waals surface area contributed by atoms with Crippen LogP contribution in [0.25, 0.3) is 5.57 Å². The van der Waals surface area contributed by atoms with E-state index in [-0.39, 0.29) is 0 Å². The smallest absolute Gasteiger partial charge is 0.181 e. The van der Waals surface area contributed by atoms with Crippen LogP contribution in [0.3, 0.4) is 0 Å².